The second-order valence-corrected chi connectivity index (χ2v) is 5.28. The number of carbonyl (C=O) groups excluding carboxylic acids is 1. The molecular formula is C15H18ClN3O3. The molecule has 0 bridgehead atoms. The number of aromatic nitrogens is 2. The number of aliphatic hydroxyl groups is 1. The van der Waals surface area contributed by atoms with E-state index in [2.05, 4.69) is 10.4 Å². The number of methoxy groups -OCH3 is 1. The molecule has 2 N–H and O–H groups in total. The van der Waals surface area contributed by atoms with Crippen LogP contribution in [0, 0.1) is 0 Å². The average molecular weight is 324 g/mol. The summed E-state index contributed by atoms with van der Waals surface area (Å²) in [7, 11) is 3.17. The first-order chi connectivity index (χ1) is 10.5. The Morgan fingerprint density at radius 3 is 3.00 bits per heavy atom. The topological polar surface area (TPSA) is 76.4 Å². The molecule has 0 saturated heterocycles. The van der Waals surface area contributed by atoms with Crippen LogP contribution in [0.25, 0.3) is 0 Å². The Morgan fingerprint density at radius 1 is 1.55 bits per heavy atom. The van der Waals surface area contributed by atoms with Crippen LogP contribution in [0.4, 0.5) is 0 Å². The Kier molecular flexibility index (Phi) is 5.41. The van der Waals surface area contributed by atoms with Gasteiger partial charge in [-0.1, -0.05) is 23.7 Å². The summed E-state index contributed by atoms with van der Waals surface area (Å²) in [6.45, 7) is 0.324. The zero-order valence-corrected chi connectivity index (χ0v) is 13.2. The van der Waals surface area contributed by atoms with Crippen molar-refractivity contribution in [2.24, 2.45) is 7.05 Å². The fraction of sp³-hybridized carbons (Fsp3) is 0.333. The molecule has 0 aliphatic heterocycles. The molecule has 1 atom stereocenters. The maximum atomic E-state index is 12.1. The molecule has 0 radical (unpaired) electrons. The number of aliphatic hydroxyl groups excluding tert-OH is 1. The first-order valence-corrected chi connectivity index (χ1v) is 7.18. The average Bonchev–Trinajstić information content (AvgIpc) is 2.88. The number of nitrogens with one attached hydrogen (secondary N) is 1. The summed E-state index contributed by atoms with van der Waals surface area (Å²) >= 11 is 5.89. The molecule has 2 aromatic rings. The fourth-order valence-corrected chi connectivity index (χ4v) is 2.27. The largest absolute Gasteiger partial charge is 0.479 e. The smallest absolute Gasteiger partial charge is 0.258 e. The summed E-state index contributed by atoms with van der Waals surface area (Å²) < 4.78 is 6.55. The predicted octanol–water partition coefficient (Wildman–Crippen LogP) is 1.94. The van der Waals surface area contributed by atoms with Crippen molar-refractivity contribution >= 4 is 17.5 Å². The lowest BCUT2D eigenvalue weighted by Gasteiger charge is -2.12. The van der Waals surface area contributed by atoms with E-state index < -0.39 is 6.10 Å². The molecule has 0 saturated carbocycles. The Balaban J connectivity index is 1.89. The number of amides is 1. The van der Waals surface area contributed by atoms with Gasteiger partial charge in [0, 0.05) is 24.8 Å². The predicted molar refractivity (Wildman–Crippen MR) is 83.1 cm³/mol. The number of nitrogens with zero attached hydrogens (tertiary/aromatic N) is 2. The second kappa shape index (κ2) is 7.29. The maximum absolute atomic E-state index is 12.1. The van der Waals surface area contributed by atoms with Crippen LogP contribution >= 0.6 is 11.6 Å². The summed E-state index contributed by atoms with van der Waals surface area (Å²) in [5.41, 5.74) is 1.09. The van der Waals surface area contributed by atoms with Gasteiger partial charge in [0.1, 0.15) is 5.56 Å². The molecule has 0 aliphatic rings. The molecular weight excluding hydrogens is 306 g/mol. The van der Waals surface area contributed by atoms with Gasteiger partial charge < -0.3 is 15.2 Å². The van der Waals surface area contributed by atoms with Gasteiger partial charge in [-0.25, -0.2) is 0 Å². The molecule has 1 amide bonds. The lowest BCUT2D eigenvalue weighted by Crippen LogP contribution is -2.25. The van der Waals surface area contributed by atoms with Crippen molar-refractivity contribution in [2.45, 2.75) is 12.5 Å². The molecule has 118 valence electrons. The third kappa shape index (κ3) is 3.99. The molecule has 0 aliphatic carbocycles. The minimum atomic E-state index is -0.685. The van der Waals surface area contributed by atoms with Crippen LogP contribution in [-0.4, -0.2) is 34.4 Å². The van der Waals surface area contributed by atoms with E-state index in [4.69, 9.17) is 16.3 Å². The zero-order valence-electron chi connectivity index (χ0n) is 12.4. The van der Waals surface area contributed by atoms with Crippen LogP contribution < -0.4 is 10.1 Å². The van der Waals surface area contributed by atoms with E-state index in [0.29, 0.717) is 23.6 Å². The molecule has 1 aromatic carbocycles. The molecule has 0 spiro atoms. The summed E-state index contributed by atoms with van der Waals surface area (Å²) in [6, 6.07) is 7.02. The van der Waals surface area contributed by atoms with Gasteiger partial charge in [0.15, 0.2) is 0 Å². The SMILES string of the molecule is COc1nn(C)cc1C(=O)NCCC(O)c1cccc(Cl)c1. The minimum Gasteiger partial charge on any atom is -0.479 e. The van der Waals surface area contributed by atoms with Gasteiger partial charge in [0.25, 0.3) is 5.91 Å². The number of carbonyl (C=O) groups is 1. The third-order valence-corrected chi connectivity index (χ3v) is 3.40. The molecule has 6 nitrogen and oxygen atoms in total. The zero-order chi connectivity index (χ0) is 16.1. The van der Waals surface area contributed by atoms with Gasteiger partial charge >= 0.3 is 0 Å². The number of halogens is 1. The van der Waals surface area contributed by atoms with Gasteiger partial charge in [-0.3, -0.25) is 9.48 Å². The van der Waals surface area contributed by atoms with E-state index in [1.165, 1.54) is 11.8 Å². The highest BCUT2D eigenvalue weighted by molar-refractivity contribution is 6.30. The number of ether oxygens (including phenoxy) is 1. The Hall–Kier alpha value is -2.05. The van der Waals surface area contributed by atoms with E-state index in [0.717, 1.165) is 5.56 Å². The van der Waals surface area contributed by atoms with E-state index in [-0.39, 0.29) is 11.8 Å². The van der Waals surface area contributed by atoms with Crippen LogP contribution in [0.2, 0.25) is 5.02 Å². The van der Waals surface area contributed by atoms with Crippen molar-refractivity contribution in [1.29, 1.82) is 0 Å². The quantitative estimate of drug-likeness (QED) is 0.851. The Labute approximate surface area is 133 Å². The fourth-order valence-electron chi connectivity index (χ4n) is 2.07. The van der Waals surface area contributed by atoms with E-state index in [1.807, 2.05) is 0 Å². The normalized spacial score (nSPS) is 12.0. The van der Waals surface area contributed by atoms with E-state index in [1.54, 1.807) is 37.5 Å². The minimum absolute atomic E-state index is 0.274. The maximum Gasteiger partial charge on any atom is 0.258 e. The Morgan fingerprint density at radius 2 is 2.32 bits per heavy atom. The number of benzene rings is 1. The number of aryl methyl sites for hydroxylation is 1. The molecule has 22 heavy (non-hydrogen) atoms. The molecule has 1 heterocycles. The van der Waals surface area contributed by atoms with Crippen molar-refractivity contribution in [1.82, 2.24) is 15.1 Å². The molecule has 2 rings (SSSR count). The van der Waals surface area contributed by atoms with Gasteiger partial charge in [-0.15, -0.1) is 5.10 Å². The van der Waals surface area contributed by atoms with Crippen molar-refractivity contribution < 1.29 is 14.6 Å². The van der Waals surface area contributed by atoms with Crippen molar-refractivity contribution in [3.05, 3.63) is 46.6 Å². The van der Waals surface area contributed by atoms with Crippen LogP contribution in [0.1, 0.15) is 28.4 Å². The standard InChI is InChI=1S/C15H18ClN3O3/c1-19-9-12(15(18-19)22-2)14(21)17-7-6-13(20)10-4-3-5-11(16)8-10/h3-5,8-9,13,20H,6-7H2,1-2H3,(H,17,21). The first-order valence-electron chi connectivity index (χ1n) is 6.80. The van der Waals surface area contributed by atoms with Crippen LogP contribution in [0.15, 0.2) is 30.5 Å². The number of hydrogen-bond donors (Lipinski definition) is 2. The van der Waals surface area contributed by atoms with Crippen molar-refractivity contribution in [2.75, 3.05) is 13.7 Å². The number of hydrogen-bond acceptors (Lipinski definition) is 4. The van der Waals surface area contributed by atoms with Crippen LogP contribution in [-0.2, 0) is 7.05 Å². The summed E-state index contributed by atoms with van der Waals surface area (Å²) in [4.78, 5) is 12.1. The molecule has 0 fully saturated rings. The summed E-state index contributed by atoms with van der Waals surface area (Å²) in [5.74, 6) is -0.0152. The molecule has 1 aromatic heterocycles. The third-order valence-electron chi connectivity index (χ3n) is 3.17. The van der Waals surface area contributed by atoms with Gasteiger partial charge in [0.2, 0.25) is 5.88 Å². The van der Waals surface area contributed by atoms with E-state index >= 15 is 0 Å². The number of rotatable bonds is 6. The van der Waals surface area contributed by atoms with Crippen LogP contribution in [0.3, 0.4) is 0 Å². The highest BCUT2D eigenvalue weighted by Gasteiger charge is 2.16. The molecule has 7 heteroatoms. The summed E-state index contributed by atoms with van der Waals surface area (Å²) in [5, 5.41) is 17.4. The van der Waals surface area contributed by atoms with Crippen molar-refractivity contribution in [3.63, 3.8) is 0 Å². The Bertz CT molecular complexity index is 657. The van der Waals surface area contributed by atoms with Gasteiger partial charge in [-0.2, -0.15) is 0 Å². The van der Waals surface area contributed by atoms with Gasteiger partial charge in [0.05, 0.1) is 13.2 Å². The second-order valence-electron chi connectivity index (χ2n) is 4.84. The van der Waals surface area contributed by atoms with Crippen LogP contribution in [0.5, 0.6) is 5.88 Å². The monoisotopic (exact) mass is 323 g/mol. The molecule has 1 unspecified atom stereocenters. The lowest BCUT2D eigenvalue weighted by molar-refractivity contribution is 0.0939. The highest BCUT2D eigenvalue weighted by atomic mass is 35.5. The van der Waals surface area contributed by atoms with Crippen molar-refractivity contribution in [3.8, 4) is 5.88 Å². The highest BCUT2D eigenvalue weighted by Crippen LogP contribution is 2.20. The van der Waals surface area contributed by atoms with E-state index in [9.17, 15) is 9.90 Å². The lowest BCUT2D eigenvalue weighted by atomic mass is 10.1. The first kappa shape index (κ1) is 16.3. The summed E-state index contributed by atoms with van der Waals surface area (Å²) in [6.07, 6.45) is 1.28. The van der Waals surface area contributed by atoms with Gasteiger partial charge in [-0.05, 0) is 24.1 Å².